The molecule has 3 N–H and O–H groups in total. The summed E-state index contributed by atoms with van der Waals surface area (Å²) >= 11 is 0. The number of hydrogen-bond acceptors (Lipinski definition) is 2. The lowest BCUT2D eigenvalue weighted by Gasteiger charge is -2.57. The molecule has 2 rings (SSSR count). The van der Waals surface area contributed by atoms with E-state index < -0.39 is 5.97 Å². The number of nitrogens with two attached hydrogens (primary N) is 1. The number of rotatable bonds is 1. The van der Waals surface area contributed by atoms with E-state index in [2.05, 4.69) is 0 Å². The molecular weight excluding hydrogens is 142 g/mol. The van der Waals surface area contributed by atoms with Crippen molar-refractivity contribution in [2.75, 3.05) is 0 Å². The minimum Gasteiger partial charge on any atom is -0.481 e. The normalized spacial score (nSPS) is 48.1. The van der Waals surface area contributed by atoms with Crippen molar-refractivity contribution < 1.29 is 9.90 Å². The van der Waals surface area contributed by atoms with Crippen LogP contribution in [0.3, 0.4) is 0 Å². The maximum Gasteiger partial charge on any atom is 0.306 e. The molecule has 62 valence electrons. The molecule has 1 atom stereocenters. The van der Waals surface area contributed by atoms with Gasteiger partial charge in [-0.15, -0.1) is 0 Å². The van der Waals surface area contributed by atoms with Gasteiger partial charge in [-0.25, -0.2) is 0 Å². The van der Waals surface area contributed by atoms with Crippen LogP contribution in [0.4, 0.5) is 0 Å². The molecule has 2 fully saturated rings. The molecular formula is C8H13NO2. The monoisotopic (exact) mass is 155 g/mol. The van der Waals surface area contributed by atoms with Gasteiger partial charge >= 0.3 is 5.97 Å². The molecule has 0 bridgehead atoms. The molecule has 1 spiro atoms. The maximum atomic E-state index is 10.5. The number of aliphatic carboxylic acids is 1. The van der Waals surface area contributed by atoms with Crippen molar-refractivity contribution in [3.8, 4) is 0 Å². The fourth-order valence-electron chi connectivity index (χ4n) is 2.32. The topological polar surface area (TPSA) is 63.3 Å². The highest BCUT2D eigenvalue weighted by Crippen LogP contribution is 2.57. The molecule has 2 aliphatic rings. The van der Waals surface area contributed by atoms with E-state index in [9.17, 15) is 4.79 Å². The minimum absolute atomic E-state index is 0.0960. The second-order valence-electron chi connectivity index (χ2n) is 3.95. The van der Waals surface area contributed by atoms with Gasteiger partial charge in [0.05, 0.1) is 5.92 Å². The van der Waals surface area contributed by atoms with Crippen LogP contribution in [0.1, 0.15) is 25.7 Å². The van der Waals surface area contributed by atoms with Crippen LogP contribution in [0.15, 0.2) is 0 Å². The molecule has 0 heterocycles. The number of hydrogen-bond donors (Lipinski definition) is 2. The first-order valence-electron chi connectivity index (χ1n) is 4.12. The lowest BCUT2D eigenvalue weighted by Crippen LogP contribution is -2.59. The van der Waals surface area contributed by atoms with Crippen molar-refractivity contribution >= 4 is 5.97 Å². The Morgan fingerprint density at radius 2 is 2.18 bits per heavy atom. The van der Waals surface area contributed by atoms with Crippen molar-refractivity contribution in [1.29, 1.82) is 0 Å². The molecule has 0 aromatic rings. The van der Waals surface area contributed by atoms with Crippen LogP contribution >= 0.6 is 0 Å². The highest BCUT2D eigenvalue weighted by atomic mass is 16.4. The van der Waals surface area contributed by atoms with Crippen LogP contribution in [0.25, 0.3) is 0 Å². The van der Waals surface area contributed by atoms with Crippen molar-refractivity contribution in [2.24, 2.45) is 17.1 Å². The van der Waals surface area contributed by atoms with Crippen molar-refractivity contribution in [2.45, 2.75) is 31.7 Å². The summed E-state index contributed by atoms with van der Waals surface area (Å²) in [7, 11) is 0. The molecule has 3 nitrogen and oxygen atoms in total. The van der Waals surface area contributed by atoms with E-state index in [-0.39, 0.29) is 17.4 Å². The number of carboxylic acid groups (broad SMARTS) is 1. The summed E-state index contributed by atoms with van der Waals surface area (Å²) < 4.78 is 0. The summed E-state index contributed by atoms with van der Waals surface area (Å²) in [6.45, 7) is 0. The third kappa shape index (κ3) is 0.805. The average molecular weight is 155 g/mol. The lowest BCUT2D eigenvalue weighted by atomic mass is 9.49. The first-order valence-corrected chi connectivity index (χ1v) is 4.12. The van der Waals surface area contributed by atoms with Crippen LogP contribution in [-0.2, 0) is 4.79 Å². The quantitative estimate of drug-likeness (QED) is 0.582. The number of carbonyl (C=O) groups is 1. The maximum absolute atomic E-state index is 10.5. The molecule has 2 saturated carbocycles. The molecule has 2 aliphatic carbocycles. The van der Waals surface area contributed by atoms with Gasteiger partial charge in [-0.1, -0.05) is 0 Å². The minimum atomic E-state index is -0.644. The van der Waals surface area contributed by atoms with Crippen molar-refractivity contribution in [1.82, 2.24) is 0 Å². The molecule has 11 heavy (non-hydrogen) atoms. The summed E-state index contributed by atoms with van der Waals surface area (Å²) in [6, 6.07) is 0.290. The predicted molar refractivity (Wildman–Crippen MR) is 40.0 cm³/mol. The Morgan fingerprint density at radius 3 is 2.45 bits per heavy atom. The molecule has 0 aromatic carbocycles. The van der Waals surface area contributed by atoms with E-state index in [0.29, 0.717) is 0 Å². The van der Waals surface area contributed by atoms with Crippen LogP contribution in [-0.4, -0.2) is 17.1 Å². The van der Waals surface area contributed by atoms with Crippen molar-refractivity contribution in [3.05, 3.63) is 0 Å². The van der Waals surface area contributed by atoms with E-state index >= 15 is 0 Å². The van der Waals surface area contributed by atoms with Gasteiger partial charge in [0.15, 0.2) is 0 Å². The van der Waals surface area contributed by atoms with Crippen molar-refractivity contribution in [3.63, 3.8) is 0 Å². The zero-order valence-corrected chi connectivity index (χ0v) is 6.42. The summed E-state index contributed by atoms with van der Waals surface area (Å²) in [5.41, 5.74) is 6.04. The molecule has 0 amide bonds. The third-order valence-corrected chi connectivity index (χ3v) is 3.39. The Kier molecular flexibility index (Phi) is 1.27. The van der Waals surface area contributed by atoms with Crippen LogP contribution in [0.5, 0.6) is 0 Å². The van der Waals surface area contributed by atoms with Crippen LogP contribution in [0, 0.1) is 11.3 Å². The Morgan fingerprint density at radius 1 is 1.55 bits per heavy atom. The molecule has 3 heteroatoms. The van der Waals surface area contributed by atoms with E-state index in [1.807, 2.05) is 0 Å². The average Bonchev–Trinajstić information content (AvgIpc) is 1.81. The SMILES string of the molecule is NC1CCC12CC(C(=O)O)C2. The zero-order chi connectivity index (χ0) is 8.06. The Balaban J connectivity index is 1.92. The highest BCUT2D eigenvalue weighted by molar-refractivity contribution is 5.71. The largest absolute Gasteiger partial charge is 0.481 e. The standard InChI is InChI=1S/C8H13NO2/c9-6-1-2-8(6)3-5(4-8)7(10)11/h5-6H,1-4,9H2,(H,10,11). The van der Waals surface area contributed by atoms with E-state index in [4.69, 9.17) is 10.8 Å². The van der Waals surface area contributed by atoms with Gasteiger partial charge in [0.1, 0.15) is 0 Å². The van der Waals surface area contributed by atoms with Gasteiger partial charge < -0.3 is 10.8 Å². The molecule has 0 radical (unpaired) electrons. The van der Waals surface area contributed by atoms with Gasteiger partial charge in [0, 0.05) is 6.04 Å². The van der Waals surface area contributed by atoms with E-state index in [0.717, 1.165) is 25.7 Å². The summed E-state index contributed by atoms with van der Waals surface area (Å²) in [5.74, 6) is -0.740. The van der Waals surface area contributed by atoms with Gasteiger partial charge in [0.2, 0.25) is 0 Å². The molecule has 0 aromatic heterocycles. The second-order valence-corrected chi connectivity index (χ2v) is 3.95. The number of carboxylic acids is 1. The molecule has 1 unspecified atom stereocenters. The first kappa shape index (κ1) is 7.10. The smallest absolute Gasteiger partial charge is 0.306 e. The van der Waals surface area contributed by atoms with Gasteiger partial charge in [-0.3, -0.25) is 4.79 Å². The van der Waals surface area contributed by atoms with Gasteiger partial charge in [-0.2, -0.15) is 0 Å². The Labute approximate surface area is 65.6 Å². The molecule has 0 saturated heterocycles. The summed E-state index contributed by atoms with van der Waals surface area (Å²) in [4.78, 5) is 10.5. The highest BCUT2D eigenvalue weighted by Gasteiger charge is 2.55. The molecule has 0 aliphatic heterocycles. The van der Waals surface area contributed by atoms with Crippen LogP contribution < -0.4 is 5.73 Å². The third-order valence-electron chi connectivity index (χ3n) is 3.39. The van der Waals surface area contributed by atoms with Gasteiger partial charge in [0.25, 0.3) is 0 Å². The summed E-state index contributed by atoms with van der Waals surface area (Å²) in [6.07, 6.45) is 3.89. The fraction of sp³-hybridized carbons (Fsp3) is 0.875. The Hall–Kier alpha value is -0.570. The van der Waals surface area contributed by atoms with Crippen LogP contribution in [0.2, 0.25) is 0 Å². The fourth-order valence-corrected chi connectivity index (χ4v) is 2.32. The summed E-state index contributed by atoms with van der Waals surface area (Å²) in [5, 5.41) is 8.63. The lowest BCUT2D eigenvalue weighted by molar-refractivity contribution is -0.155. The first-order chi connectivity index (χ1) is 5.14. The van der Waals surface area contributed by atoms with E-state index in [1.165, 1.54) is 0 Å². The van der Waals surface area contributed by atoms with E-state index in [1.54, 1.807) is 0 Å². The zero-order valence-electron chi connectivity index (χ0n) is 6.42. The Bertz CT molecular complexity index is 196. The van der Waals surface area contributed by atoms with Gasteiger partial charge in [-0.05, 0) is 31.1 Å². The second kappa shape index (κ2) is 1.97. The predicted octanol–water partition coefficient (Wildman–Crippen LogP) is 0.588.